The number of benzene rings is 3. The fraction of sp³-hybridized carbons (Fsp3) is 0.207. The van der Waals surface area contributed by atoms with Crippen LogP contribution in [0, 0.1) is 17.3 Å². The van der Waals surface area contributed by atoms with Gasteiger partial charge in [0.05, 0.1) is 35.3 Å². The Labute approximate surface area is 221 Å². The van der Waals surface area contributed by atoms with Crippen LogP contribution in [0.15, 0.2) is 63.8 Å². The third-order valence-electron chi connectivity index (χ3n) is 6.78. The zero-order valence-corrected chi connectivity index (χ0v) is 21.2. The molecule has 0 spiro atoms. The van der Waals surface area contributed by atoms with Crippen molar-refractivity contribution >= 4 is 44.4 Å². The predicted molar refractivity (Wildman–Crippen MR) is 146 cm³/mol. The molecule has 0 bridgehead atoms. The molecule has 0 radical (unpaired) electrons. The van der Waals surface area contributed by atoms with Gasteiger partial charge in [-0.3, -0.25) is 14.5 Å². The van der Waals surface area contributed by atoms with Crippen molar-refractivity contribution in [2.24, 2.45) is 0 Å². The van der Waals surface area contributed by atoms with Crippen molar-refractivity contribution in [3.05, 3.63) is 76.3 Å². The molecule has 0 aliphatic rings. The van der Waals surface area contributed by atoms with E-state index < -0.39 is 36.0 Å². The van der Waals surface area contributed by atoms with Gasteiger partial charge in [-0.15, -0.1) is 0 Å². The van der Waals surface area contributed by atoms with Gasteiger partial charge in [-0.05, 0) is 55.8 Å². The van der Waals surface area contributed by atoms with Crippen molar-refractivity contribution in [3.8, 4) is 17.3 Å². The first kappa shape index (κ1) is 25.9. The Morgan fingerprint density at radius 3 is 2.62 bits per heavy atom. The summed E-state index contributed by atoms with van der Waals surface area (Å²) < 4.78 is 19.9. The normalized spacial score (nSPS) is 11.7. The van der Waals surface area contributed by atoms with E-state index in [0.29, 0.717) is 50.8 Å². The first-order valence-corrected chi connectivity index (χ1v) is 12.3. The number of hydrogen-bond acceptors (Lipinski definition) is 7. The van der Waals surface area contributed by atoms with Gasteiger partial charge in [-0.2, -0.15) is 5.26 Å². The molecule has 10 heteroatoms. The van der Waals surface area contributed by atoms with Crippen LogP contribution in [0.2, 0.25) is 0 Å². The van der Waals surface area contributed by atoms with Crippen LogP contribution in [0.4, 0.5) is 10.1 Å². The van der Waals surface area contributed by atoms with E-state index >= 15 is 0 Å². The van der Waals surface area contributed by atoms with Crippen LogP contribution in [0.5, 0.6) is 0 Å². The molecule has 0 fully saturated rings. The summed E-state index contributed by atoms with van der Waals surface area (Å²) in [5, 5.41) is 32.9. The molecule has 9 nitrogen and oxygen atoms in total. The fourth-order valence-corrected chi connectivity index (χ4v) is 4.60. The number of amides is 1. The Bertz CT molecular complexity index is 1850. The first-order valence-electron chi connectivity index (χ1n) is 12.3. The van der Waals surface area contributed by atoms with Crippen LogP contribution in [0.1, 0.15) is 24.2 Å². The molecule has 0 unspecified atom stereocenters. The van der Waals surface area contributed by atoms with Crippen LogP contribution >= 0.6 is 0 Å². The van der Waals surface area contributed by atoms with E-state index in [1.165, 1.54) is 30.0 Å². The Morgan fingerprint density at radius 1 is 1.15 bits per heavy atom. The number of fused-ring (bicyclic) bond motifs is 5. The van der Waals surface area contributed by atoms with E-state index in [4.69, 9.17) is 4.42 Å². The number of furan rings is 1. The largest absolute Gasteiger partial charge is 0.455 e. The number of pyridine rings is 1. The second-order valence-corrected chi connectivity index (χ2v) is 9.57. The average Bonchev–Trinajstić information content (AvgIpc) is 3.32. The molecule has 198 valence electrons. The van der Waals surface area contributed by atoms with Gasteiger partial charge in [-0.25, -0.2) is 4.39 Å². The second kappa shape index (κ2) is 9.87. The minimum Gasteiger partial charge on any atom is -0.455 e. The third kappa shape index (κ3) is 4.48. The topological polar surface area (TPSA) is 143 Å². The zero-order valence-electron chi connectivity index (χ0n) is 21.2. The number of hydrogen-bond donors (Lipinski definition) is 4. The van der Waals surface area contributed by atoms with Crippen LogP contribution in [-0.2, 0) is 0 Å². The molecule has 0 aliphatic heterocycles. The van der Waals surface area contributed by atoms with E-state index in [2.05, 4.69) is 16.5 Å². The highest BCUT2D eigenvalue weighted by Gasteiger charge is 2.26. The predicted octanol–water partition coefficient (Wildman–Crippen LogP) is 4.01. The number of H-pyrrole nitrogens is 1. The van der Waals surface area contributed by atoms with E-state index in [-0.39, 0.29) is 10.9 Å². The Balaban J connectivity index is 1.74. The third-order valence-corrected chi connectivity index (χ3v) is 6.78. The maximum Gasteiger partial charge on any atom is 0.260 e. The quantitative estimate of drug-likeness (QED) is 0.185. The summed E-state index contributed by atoms with van der Waals surface area (Å²) in [6, 6.07) is 14.1. The average molecular weight is 529 g/mol. The minimum absolute atomic E-state index is 0.273. The molecule has 39 heavy (non-hydrogen) atoms. The van der Waals surface area contributed by atoms with Crippen molar-refractivity contribution in [1.29, 1.82) is 5.26 Å². The van der Waals surface area contributed by atoms with Crippen LogP contribution in [-0.4, -0.2) is 46.4 Å². The Morgan fingerprint density at radius 2 is 1.92 bits per heavy atom. The van der Waals surface area contributed by atoms with Crippen LogP contribution in [0.3, 0.4) is 0 Å². The van der Waals surface area contributed by atoms with Gasteiger partial charge in [-0.1, -0.05) is 12.1 Å². The smallest absolute Gasteiger partial charge is 0.260 e. The molecule has 0 saturated carbocycles. The summed E-state index contributed by atoms with van der Waals surface area (Å²) in [5.41, 5.74) is 1.26. The number of anilines is 1. The number of nitrogens with zero attached hydrogens (tertiary/aromatic N) is 2. The highest BCUT2D eigenvalue weighted by Crippen LogP contribution is 2.39. The lowest BCUT2D eigenvalue weighted by molar-refractivity contribution is 0.0724. The molecule has 0 aliphatic carbocycles. The highest BCUT2D eigenvalue weighted by atomic mass is 19.1. The summed E-state index contributed by atoms with van der Waals surface area (Å²) in [6.45, 7) is 2.78. The van der Waals surface area contributed by atoms with Crippen LogP contribution in [0.25, 0.3) is 44.0 Å². The van der Waals surface area contributed by atoms with Crippen molar-refractivity contribution in [1.82, 2.24) is 10.3 Å². The number of nitrogens with one attached hydrogen (secondary N) is 2. The Hall–Kier alpha value is -4.72. The summed E-state index contributed by atoms with van der Waals surface area (Å²) in [4.78, 5) is 30.2. The molecular weight excluding hydrogens is 503 g/mol. The summed E-state index contributed by atoms with van der Waals surface area (Å²) in [7, 11) is 0. The summed E-state index contributed by atoms with van der Waals surface area (Å²) >= 11 is 0. The number of nitriles is 1. The number of rotatable bonds is 7. The number of carbonyl (C=O) groups excluding carboxylic acids is 1. The molecule has 2 heterocycles. The van der Waals surface area contributed by atoms with E-state index in [9.17, 15) is 29.5 Å². The summed E-state index contributed by atoms with van der Waals surface area (Å²) in [5.74, 6) is -0.991. The van der Waals surface area contributed by atoms with Crippen molar-refractivity contribution in [2.45, 2.75) is 19.4 Å². The van der Waals surface area contributed by atoms with Gasteiger partial charge in [0.25, 0.3) is 11.5 Å². The van der Waals surface area contributed by atoms with Crippen molar-refractivity contribution in [2.75, 3.05) is 24.7 Å². The minimum atomic E-state index is -1.21. The van der Waals surface area contributed by atoms with Gasteiger partial charge >= 0.3 is 0 Å². The SMILES string of the molecule is CCN(C#N)c1cc2oc3c4ccc(F)cc4[nH]c(=O)c3c2cc1-c1cccc(C(=O)NC(C)(CO)CO)c1. The number of aromatic nitrogens is 1. The highest BCUT2D eigenvalue weighted by molar-refractivity contribution is 6.15. The van der Waals surface area contributed by atoms with Gasteiger partial charge in [0.15, 0.2) is 6.19 Å². The molecule has 0 atom stereocenters. The van der Waals surface area contributed by atoms with Crippen molar-refractivity contribution < 1.29 is 23.8 Å². The lowest BCUT2D eigenvalue weighted by Crippen LogP contribution is -2.51. The number of carbonyl (C=O) groups is 1. The lowest BCUT2D eigenvalue weighted by Gasteiger charge is -2.26. The number of aliphatic hydroxyl groups excluding tert-OH is 2. The van der Waals surface area contributed by atoms with Gasteiger partial charge < -0.3 is 24.9 Å². The van der Waals surface area contributed by atoms with Crippen molar-refractivity contribution in [3.63, 3.8) is 0 Å². The molecule has 5 aromatic rings. The second-order valence-electron chi connectivity index (χ2n) is 9.57. The molecule has 3 aromatic carbocycles. The number of halogens is 1. The maximum absolute atomic E-state index is 13.8. The fourth-order valence-electron chi connectivity index (χ4n) is 4.60. The lowest BCUT2D eigenvalue weighted by atomic mass is 9.97. The van der Waals surface area contributed by atoms with Gasteiger partial charge in [0.1, 0.15) is 17.0 Å². The zero-order chi connectivity index (χ0) is 27.9. The molecular formula is C29H25FN4O5. The van der Waals surface area contributed by atoms with E-state index in [1.54, 1.807) is 36.4 Å². The first-order chi connectivity index (χ1) is 18.7. The molecule has 5 rings (SSSR count). The molecule has 4 N–H and O–H groups in total. The van der Waals surface area contributed by atoms with E-state index in [1.807, 2.05) is 6.92 Å². The van der Waals surface area contributed by atoms with Gasteiger partial charge in [0.2, 0.25) is 0 Å². The molecule has 2 aromatic heterocycles. The molecule has 1 amide bonds. The van der Waals surface area contributed by atoms with E-state index in [0.717, 1.165) is 0 Å². The number of aromatic amines is 1. The standard InChI is InChI=1S/C29H25FN4O5/c1-3-34(15-31)23-12-24-21(25-26(39-24)19-8-7-18(30)10-22(19)32-28(25)38)11-20(23)16-5-4-6-17(9-16)27(37)33-29(2,13-35)14-36/h4-12,35-36H,3,13-14H2,1-2H3,(H,32,38)(H,33,37). The maximum atomic E-state index is 13.8. The van der Waals surface area contributed by atoms with Gasteiger partial charge in [0, 0.05) is 34.5 Å². The van der Waals surface area contributed by atoms with Crippen LogP contribution < -0.4 is 15.8 Å². The summed E-state index contributed by atoms with van der Waals surface area (Å²) in [6.07, 6.45) is 2.15. The molecule has 0 saturated heterocycles. The monoisotopic (exact) mass is 528 g/mol. The number of aliphatic hydroxyl groups is 2. The Kier molecular flexibility index (Phi) is 6.56.